The second kappa shape index (κ2) is 7.47. The first kappa shape index (κ1) is 19.0. The zero-order valence-corrected chi connectivity index (χ0v) is 16.4. The van der Waals surface area contributed by atoms with Gasteiger partial charge in [-0.05, 0) is 35.7 Å². The molecule has 0 aliphatic carbocycles. The average molecular weight is 369 g/mol. The minimum absolute atomic E-state index is 0.00451. The fourth-order valence-electron chi connectivity index (χ4n) is 3.36. The molecular weight excluding hydrogens is 342 g/mol. The normalized spacial score (nSPS) is 15.0. The number of carbonyl (C=O) groups is 2. The lowest BCUT2D eigenvalue weighted by Gasteiger charge is -2.35. The van der Waals surface area contributed by atoms with Crippen LogP contribution in [0.15, 0.2) is 36.5 Å². The SMILES string of the molecule is COc1ccc(C(=O)N2CCN(C(=O)c3ccc[nH]3)CC2)cc1C(C)(C)C. The molecule has 0 radical (unpaired) electrons. The molecule has 2 aromatic rings. The predicted octanol–water partition coefficient (Wildman–Crippen LogP) is 2.92. The average Bonchev–Trinajstić information content (AvgIpc) is 3.20. The van der Waals surface area contributed by atoms with Gasteiger partial charge in [0.05, 0.1) is 7.11 Å². The molecule has 3 rings (SSSR count). The van der Waals surface area contributed by atoms with E-state index in [-0.39, 0.29) is 17.2 Å². The van der Waals surface area contributed by atoms with Gasteiger partial charge in [-0.15, -0.1) is 0 Å². The minimum atomic E-state index is -0.122. The third kappa shape index (κ3) is 3.99. The molecule has 0 saturated carbocycles. The van der Waals surface area contributed by atoms with Crippen LogP contribution in [0.25, 0.3) is 0 Å². The van der Waals surface area contributed by atoms with Gasteiger partial charge in [-0.1, -0.05) is 20.8 Å². The summed E-state index contributed by atoms with van der Waals surface area (Å²) >= 11 is 0. The second-order valence-corrected chi connectivity index (χ2v) is 7.83. The fraction of sp³-hybridized carbons (Fsp3) is 0.429. The van der Waals surface area contributed by atoms with Crippen LogP contribution in [0.1, 0.15) is 47.2 Å². The number of hydrogen-bond acceptors (Lipinski definition) is 3. The Kier molecular flexibility index (Phi) is 5.26. The highest BCUT2D eigenvalue weighted by Gasteiger charge is 2.27. The van der Waals surface area contributed by atoms with E-state index in [9.17, 15) is 9.59 Å². The van der Waals surface area contributed by atoms with Crippen molar-refractivity contribution in [1.29, 1.82) is 0 Å². The summed E-state index contributed by atoms with van der Waals surface area (Å²) in [6.45, 7) is 8.43. The van der Waals surface area contributed by atoms with E-state index < -0.39 is 0 Å². The number of aromatic nitrogens is 1. The minimum Gasteiger partial charge on any atom is -0.496 e. The van der Waals surface area contributed by atoms with E-state index in [1.54, 1.807) is 24.3 Å². The zero-order chi connectivity index (χ0) is 19.6. The maximum absolute atomic E-state index is 13.0. The van der Waals surface area contributed by atoms with Crippen LogP contribution in [-0.4, -0.2) is 59.9 Å². The lowest BCUT2D eigenvalue weighted by Crippen LogP contribution is -2.50. The number of methoxy groups -OCH3 is 1. The molecule has 6 nitrogen and oxygen atoms in total. The van der Waals surface area contributed by atoms with Crippen molar-refractivity contribution >= 4 is 11.8 Å². The Bertz CT molecular complexity index is 814. The first-order valence-electron chi connectivity index (χ1n) is 9.21. The Morgan fingerprint density at radius 3 is 2.15 bits per heavy atom. The van der Waals surface area contributed by atoms with Crippen molar-refractivity contribution in [3.8, 4) is 5.75 Å². The summed E-state index contributed by atoms with van der Waals surface area (Å²) in [5.41, 5.74) is 2.13. The van der Waals surface area contributed by atoms with Gasteiger partial charge in [0.25, 0.3) is 11.8 Å². The van der Waals surface area contributed by atoms with Crippen molar-refractivity contribution in [3.05, 3.63) is 53.3 Å². The van der Waals surface area contributed by atoms with Crippen LogP contribution in [0.3, 0.4) is 0 Å². The van der Waals surface area contributed by atoms with Crippen LogP contribution in [0, 0.1) is 0 Å². The number of carbonyl (C=O) groups excluding carboxylic acids is 2. The zero-order valence-electron chi connectivity index (χ0n) is 16.4. The maximum atomic E-state index is 13.0. The fourth-order valence-corrected chi connectivity index (χ4v) is 3.36. The van der Waals surface area contributed by atoms with E-state index in [4.69, 9.17) is 4.74 Å². The summed E-state index contributed by atoms with van der Waals surface area (Å²) in [5.74, 6) is 0.766. The molecule has 0 unspecified atom stereocenters. The van der Waals surface area contributed by atoms with E-state index in [1.165, 1.54) is 0 Å². The molecule has 1 saturated heterocycles. The first-order valence-corrected chi connectivity index (χ1v) is 9.21. The number of aromatic amines is 1. The van der Waals surface area contributed by atoms with Crippen molar-refractivity contribution < 1.29 is 14.3 Å². The highest BCUT2D eigenvalue weighted by molar-refractivity contribution is 5.95. The van der Waals surface area contributed by atoms with Gasteiger partial charge < -0.3 is 19.5 Å². The van der Waals surface area contributed by atoms with Crippen LogP contribution in [0.2, 0.25) is 0 Å². The van der Waals surface area contributed by atoms with Gasteiger partial charge in [-0.2, -0.15) is 0 Å². The largest absolute Gasteiger partial charge is 0.496 e. The summed E-state index contributed by atoms with van der Waals surface area (Å²) < 4.78 is 5.46. The second-order valence-electron chi connectivity index (χ2n) is 7.83. The lowest BCUT2D eigenvalue weighted by atomic mass is 9.85. The van der Waals surface area contributed by atoms with Crippen molar-refractivity contribution in [2.24, 2.45) is 0 Å². The molecule has 2 amide bonds. The molecule has 2 heterocycles. The van der Waals surface area contributed by atoms with Crippen molar-refractivity contribution in [3.63, 3.8) is 0 Å². The lowest BCUT2D eigenvalue weighted by molar-refractivity contribution is 0.0532. The van der Waals surface area contributed by atoms with Crippen LogP contribution in [-0.2, 0) is 5.41 Å². The quantitative estimate of drug-likeness (QED) is 0.905. The van der Waals surface area contributed by atoms with Gasteiger partial charge >= 0.3 is 0 Å². The highest BCUT2D eigenvalue weighted by atomic mass is 16.5. The molecule has 1 N–H and O–H groups in total. The molecule has 6 heteroatoms. The van der Waals surface area contributed by atoms with Gasteiger partial charge in [0.15, 0.2) is 0 Å². The van der Waals surface area contributed by atoms with Crippen molar-refractivity contribution in [1.82, 2.24) is 14.8 Å². The first-order chi connectivity index (χ1) is 12.8. The standard InChI is InChI=1S/C21H27N3O3/c1-21(2,3)16-14-15(7-8-18(16)27-4)19(25)23-10-12-24(13-11-23)20(26)17-6-5-9-22-17/h5-9,14,22H,10-13H2,1-4H3. The molecule has 1 fully saturated rings. The summed E-state index contributed by atoms with van der Waals surface area (Å²) in [4.78, 5) is 31.9. The Morgan fingerprint density at radius 2 is 1.63 bits per heavy atom. The van der Waals surface area contributed by atoms with Crippen molar-refractivity contribution in [2.45, 2.75) is 26.2 Å². The van der Waals surface area contributed by atoms with E-state index >= 15 is 0 Å². The highest BCUT2D eigenvalue weighted by Crippen LogP contribution is 2.32. The Balaban J connectivity index is 1.70. The Hall–Kier alpha value is -2.76. The molecule has 27 heavy (non-hydrogen) atoms. The number of nitrogens with zero attached hydrogens (tertiary/aromatic N) is 2. The Morgan fingerprint density at radius 1 is 1.00 bits per heavy atom. The van der Waals surface area contributed by atoms with E-state index in [2.05, 4.69) is 25.8 Å². The summed E-state index contributed by atoms with van der Waals surface area (Å²) in [6, 6.07) is 9.18. The van der Waals surface area contributed by atoms with E-state index in [0.717, 1.165) is 11.3 Å². The third-order valence-electron chi connectivity index (χ3n) is 4.94. The number of piperazine rings is 1. The van der Waals surface area contributed by atoms with Crippen LogP contribution in [0.5, 0.6) is 5.75 Å². The number of rotatable bonds is 3. The molecule has 1 aromatic heterocycles. The third-order valence-corrected chi connectivity index (χ3v) is 4.94. The topological polar surface area (TPSA) is 65.6 Å². The Labute approximate surface area is 160 Å². The monoisotopic (exact) mass is 369 g/mol. The number of benzene rings is 1. The molecular formula is C21H27N3O3. The number of ether oxygens (including phenoxy) is 1. The van der Waals surface area contributed by atoms with Crippen LogP contribution >= 0.6 is 0 Å². The van der Waals surface area contributed by atoms with E-state index in [1.807, 2.05) is 29.2 Å². The van der Waals surface area contributed by atoms with E-state index in [0.29, 0.717) is 37.4 Å². The molecule has 0 spiro atoms. The van der Waals surface area contributed by atoms with Crippen LogP contribution < -0.4 is 4.74 Å². The summed E-state index contributed by atoms with van der Waals surface area (Å²) in [5, 5.41) is 0. The summed E-state index contributed by atoms with van der Waals surface area (Å²) in [7, 11) is 1.65. The van der Waals surface area contributed by atoms with Crippen molar-refractivity contribution in [2.75, 3.05) is 33.3 Å². The molecule has 0 bridgehead atoms. The smallest absolute Gasteiger partial charge is 0.270 e. The maximum Gasteiger partial charge on any atom is 0.270 e. The number of amides is 2. The molecule has 144 valence electrons. The van der Waals surface area contributed by atoms with Gasteiger partial charge in [0.2, 0.25) is 0 Å². The molecule has 1 aliphatic rings. The number of H-pyrrole nitrogens is 1. The number of nitrogens with one attached hydrogen (secondary N) is 1. The molecule has 0 atom stereocenters. The summed E-state index contributed by atoms with van der Waals surface area (Å²) in [6.07, 6.45) is 1.74. The molecule has 1 aliphatic heterocycles. The van der Waals surface area contributed by atoms with Gasteiger partial charge in [0, 0.05) is 43.5 Å². The van der Waals surface area contributed by atoms with Gasteiger partial charge in [0.1, 0.15) is 11.4 Å². The van der Waals surface area contributed by atoms with Gasteiger partial charge in [-0.25, -0.2) is 0 Å². The predicted molar refractivity (Wildman–Crippen MR) is 104 cm³/mol. The van der Waals surface area contributed by atoms with Crippen LogP contribution in [0.4, 0.5) is 0 Å². The molecule has 1 aromatic carbocycles. The number of hydrogen-bond donors (Lipinski definition) is 1. The van der Waals surface area contributed by atoms with Gasteiger partial charge in [-0.3, -0.25) is 9.59 Å².